The molecule has 2 aromatic carbocycles. The fourth-order valence-corrected chi connectivity index (χ4v) is 2.51. The first-order chi connectivity index (χ1) is 13.7. The van der Waals surface area contributed by atoms with E-state index in [0.717, 1.165) is 11.1 Å². The van der Waals surface area contributed by atoms with Crippen molar-refractivity contribution in [3.8, 4) is 0 Å². The fourth-order valence-electron chi connectivity index (χ4n) is 2.51. The van der Waals surface area contributed by atoms with Gasteiger partial charge in [0.25, 0.3) is 11.6 Å². The number of aryl methyl sites for hydroxylation is 2. The standard InChI is InChI=1S/C20H21N3O6/c1-12-5-4-6-13(2)18(12)22-17(24)11-21-19(25)14(3)29-20(26)15-7-9-16(10-8-15)23(27)28/h4-10,14H,11H2,1-3H3,(H,21,25)(H,22,24)/t14-/m1/s1. The van der Waals surface area contributed by atoms with Crippen LogP contribution in [0.3, 0.4) is 0 Å². The van der Waals surface area contributed by atoms with E-state index < -0.39 is 28.8 Å². The molecule has 0 aliphatic rings. The third-order valence-corrected chi connectivity index (χ3v) is 4.14. The van der Waals surface area contributed by atoms with Gasteiger partial charge >= 0.3 is 5.97 Å². The lowest BCUT2D eigenvalue weighted by Crippen LogP contribution is -2.40. The van der Waals surface area contributed by atoms with E-state index in [4.69, 9.17) is 4.74 Å². The number of para-hydroxylation sites is 1. The number of benzene rings is 2. The van der Waals surface area contributed by atoms with Gasteiger partial charge in [-0.05, 0) is 44.0 Å². The van der Waals surface area contributed by atoms with Crippen LogP contribution in [-0.4, -0.2) is 35.4 Å². The van der Waals surface area contributed by atoms with Gasteiger partial charge in [-0.1, -0.05) is 18.2 Å². The number of hydrogen-bond acceptors (Lipinski definition) is 6. The summed E-state index contributed by atoms with van der Waals surface area (Å²) < 4.78 is 5.03. The quantitative estimate of drug-likeness (QED) is 0.418. The van der Waals surface area contributed by atoms with Crippen LogP contribution in [-0.2, 0) is 14.3 Å². The van der Waals surface area contributed by atoms with Crippen molar-refractivity contribution in [2.45, 2.75) is 26.9 Å². The predicted octanol–water partition coefficient (Wildman–Crippen LogP) is 2.51. The summed E-state index contributed by atoms with van der Waals surface area (Å²) in [5.74, 6) is -1.86. The van der Waals surface area contributed by atoms with Crippen molar-refractivity contribution in [2.75, 3.05) is 11.9 Å². The highest BCUT2D eigenvalue weighted by Gasteiger charge is 2.20. The van der Waals surface area contributed by atoms with E-state index >= 15 is 0 Å². The Bertz CT molecular complexity index is 919. The first-order valence-electron chi connectivity index (χ1n) is 8.78. The molecule has 0 radical (unpaired) electrons. The SMILES string of the molecule is Cc1cccc(C)c1NC(=O)CNC(=O)[C@@H](C)OC(=O)c1ccc([N+](=O)[O-])cc1. The molecule has 0 aromatic heterocycles. The molecule has 0 aliphatic carbocycles. The summed E-state index contributed by atoms with van der Waals surface area (Å²) in [5, 5.41) is 15.8. The third-order valence-electron chi connectivity index (χ3n) is 4.14. The van der Waals surface area contributed by atoms with Crippen LogP contribution in [0.5, 0.6) is 0 Å². The van der Waals surface area contributed by atoms with E-state index in [-0.39, 0.29) is 17.8 Å². The average molecular weight is 399 g/mol. The Morgan fingerprint density at radius 2 is 1.66 bits per heavy atom. The molecule has 0 fully saturated rings. The van der Waals surface area contributed by atoms with Crippen molar-refractivity contribution < 1.29 is 24.0 Å². The van der Waals surface area contributed by atoms with Gasteiger partial charge in [-0.3, -0.25) is 19.7 Å². The topological polar surface area (TPSA) is 128 Å². The number of anilines is 1. The Morgan fingerprint density at radius 3 is 2.21 bits per heavy atom. The number of non-ortho nitro benzene ring substituents is 1. The smallest absolute Gasteiger partial charge is 0.338 e. The number of esters is 1. The molecule has 0 bridgehead atoms. The van der Waals surface area contributed by atoms with E-state index in [2.05, 4.69) is 10.6 Å². The number of hydrogen-bond donors (Lipinski definition) is 2. The number of nitrogens with zero attached hydrogens (tertiary/aromatic N) is 1. The molecular formula is C20H21N3O6. The van der Waals surface area contributed by atoms with Crippen molar-refractivity contribution in [2.24, 2.45) is 0 Å². The van der Waals surface area contributed by atoms with Gasteiger partial charge in [-0.15, -0.1) is 0 Å². The van der Waals surface area contributed by atoms with Crippen LogP contribution < -0.4 is 10.6 Å². The van der Waals surface area contributed by atoms with Gasteiger partial charge in [0.2, 0.25) is 5.91 Å². The Labute approximate surface area is 167 Å². The summed E-state index contributed by atoms with van der Waals surface area (Å²) in [5.41, 5.74) is 2.39. The largest absolute Gasteiger partial charge is 0.449 e. The summed E-state index contributed by atoms with van der Waals surface area (Å²) in [6.07, 6.45) is -1.15. The maximum atomic E-state index is 12.1. The molecule has 0 spiro atoms. The molecule has 29 heavy (non-hydrogen) atoms. The first kappa shape index (κ1) is 21.5. The van der Waals surface area contributed by atoms with Crippen LogP contribution in [0, 0.1) is 24.0 Å². The Hall–Kier alpha value is -3.75. The molecule has 2 N–H and O–H groups in total. The van der Waals surface area contributed by atoms with Crippen LogP contribution in [0.1, 0.15) is 28.4 Å². The summed E-state index contributed by atoms with van der Waals surface area (Å²) in [6, 6.07) is 10.4. The lowest BCUT2D eigenvalue weighted by molar-refractivity contribution is -0.384. The maximum absolute atomic E-state index is 12.1. The lowest BCUT2D eigenvalue weighted by Gasteiger charge is -2.14. The minimum absolute atomic E-state index is 0.0722. The van der Waals surface area contributed by atoms with E-state index in [1.54, 1.807) is 0 Å². The second-order valence-electron chi connectivity index (χ2n) is 6.38. The van der Waals surface area contributed by atoms with Gasteiger partial charge in [0.1, 0.15) is 0 Å². The number of nitro groups is 1. The molecule has 0 heterocycles. The minimum Gasteiger partial charge on any atom is -0.449 e. The second-order valence-corrected chi connectivity index (χ2v) is 6.38. The molecule has 0 unspecified atom stereocenters. The highest BCUT2D eigenvalue weighted by Crippen LogP contribution is 2.19. The summed E-state index contributed by atoms with van der Waals surface area (Å²) >= 11 is 0. The van der Waals surface area contributed by atoms with Crippen LogP contribution >= 0.6 is 0 Å². The number of carbonyl (C=O) groups is 3. The Kier molecular flexibility index (Phi) is 7.02. The molecular weight excluding hydrogens is 378 g/mol. The van der Waals surface area contributed by atoms with E-state index in [0.29, 0.717) is 5.69 Å². The average Bonchev–Trinajstić information content (AvgIpc) is 2.69. The van der Waals surface area contributed by atoms with E-state index in [1.165, 1.54) is 31.2 Å². The lowest BCUT2D eigenvalue weighted by atomic mass is 10.1. The van der Waals surface area contributed by atoms with Crippen LogP contribution in [0.15, 0.2) is 42.5 Å². The fraction of sp³-hybridized carbons (Fsp3) is 0.250. The van der Waals surface area contributed by atoms with Crippen LogP contribution in [0.25, 0.3) is 0 Å². The molecule has 0 saturated heterocycles. The first-order valence-corrected chi connectivity index (χ1v) is 8.78. The minimum atomic E-state index is -1.15. The molecule has 9 nitrogen and oxygen atoms in total. The number of nitro benzene ring substituents is 1. The number of rotatable bonds is 7. The van der Waals surface area contributed by atoms with Crippen molar-refractivity contribution >= 4 is 29.2 Å². The normalized spacial score (nSPS) is 11.3. The van der Waals surface area contributed by atoms with Gasteiger partial charge in [0, 0.05) is 17.8 Å². The molecule has 2 rings (SSSR count). The summed E-state index contributed by atoms with van der Waals surface area (Å²) in [7, 11) is 0. The number of nitrogens with one attached hydrogen (secondary N) is 2. The van der Waals surface area contributed by atoms with E-state index in [9.17, 15) is 24.5 Å². The summed E-state index contributed by atoms with van der Waals surface area (Å²) in [4.78, 5) is 46.3. The van der Waals surface area contributed by atoms with Gasteiger partial charge in [0.15, 0.2) is 6.10 Å². The zero-order chi connectivity index (χ0) is 21.6. The van der Waals surface area contributed by atoms with Crippen LogP contribution in [0.4, 0.5) is 11.4 Å². The van der Waals surface area contributed by atoms with Gasteiger partial charge in [-0.2, -0.15) is 0 Å². The van der Waals surface area contributed by atoms with Crippen LogP contribution in [0.2, 0.25) is 0 Å². The van der Waals surface area contributed by atoms with Crippen molar-refractivity contribution in [3.63, 3.8) is 0 Å². The molecule has 9 heteroatoms. The van der Waals surface area contributed by atoms with Crippen molar-refractivity contribution in [3.05, 3.63) is 69.3 Å². The molecule has 2 aromatic rings. The molecule has 2 amide bonds. The van der Waals surface area contributed by atoms with Crippen molar-refractivity contribution in [1.82, 2.24) is 5.32 Å². The zero-order valence-electron chi connectivity index (χ0n) is 16.2. The number of carbonyl (C=O) groups excluding carboxylic acids is 3. The Morgan fingerprint density at radius 1 is 1.07 bits per heavy atom. The number of amides is 2. The monoisotopic (exact) mass is 399 g/mol. The van der Waals surface area contributed by atoms with E-state index in [1.807, 2.05) is 32.0 Å². The molecule has 152 valence electrons. The maximum Gasteiger partial charge on any atom is 0.338 e. The van der Waals surface area contributed by atoms with Gasteiger partial charge < -0.3 is 15.4 Å². The molecule has 0 saturated carbocycles. The predicted molar refractivity (Wildman–Crippen MR) is 106 cm³/mol. The molecule has 0 aliphatic heterocycles. The second kappa shape index (κ2) is 9.45. The highest BCUT2D eigenvalue weighted by atomic mass is 16.6. The van der Waals surface area contributed by atoms with Gasteiger partial charge in [-0.25, -0.2) is 4.79 Å². The zero-order valence-corrected chi connectivity index (χ0v) is 16.2. The Balaban J connectivity index is 1.86. The number of ether oxygens (including phenoxy) is 1. The highest BCUT2D eigenvalue weighted by molar-refractivity contribution is 5.97. The third kappa shape index (κ3) is 5.86. The summed E-state index contributed by atoms with van der Waals surface area (Å²) in [6.45, 7) is 4.80. The molecule has 1 atom stereocenters. The van der Waals surface area contributed by atoms with Gasteiger partial charge in [0.05, 0.1) is 17.0 Å². The van der Waals surface area contributed by atoms with Crippen molar-refractivity contribution in [1.29, 1.82) is 0 Å².